The lowest BCUT2D eigenvalue weighted by Crippen LogP contribution is -2.41. The molecule has 21 heavy (non-hydrogen) atoms. The van der Waals surface area contributed by atoms with E-state index in [9.17, 15) is 13.6 Å². The van der Waals surface area contributed by atoms with Crippen molar-refractivity contribution in [2.45, 2.75) is 31.7 Å². The van der Waals surface area contributed by atoms with Crippen molar-refractivity contribution >= 4 is 11.7 Å². The van der Waals surface area contributed by atoms with Crippen molar-refractivity contribution in [1.82, 2.24) is 0 Å². The first-order valence-corrected chi connectivity index (χ1v) is 7.13. The van der Waals surface area contributed by atoms with Crippen molar-refractivity contribution in [3.8, 4) is 0 Å². The number of nitrogens with two attached hydrogens (primary N) is 1. The molecule has 1 unspecified atom stereocenters. The van der Waals surface area contributed by atoms with Crippen LogP contribution in [0.15, 0.2) is 12.1 Å². The lowest BCUT2D eigenvalue weighted by Gasteiger charge is -2.37. The lowest BCUT2D eigenvalue weighted by atomic mass is 9.98. The van der Waals surface area contributed by atoms with Gasteiger partial charge < -0.3 is 15.4 Å². The summed E-state index contributed by atoms with van der Waals surface area (Å²) in [5.74, 6) is -3.03. The van der Waals surface area contributed by atoms with E-state index in [1.807, 2.05) is 4.90 Å². The Bertz CT molecular complexity index is 521. The number of nitrogens with zero attached hydrogens (tertiary/aromatic N) is 1. The largest absolute Gasteiger partial charge is 0.465 e. The molecule has 4 nitrogen and oxygen atoms in total. The van der Waals surface area contributed by atoms with Crippen LogP contribution in [-0.4, -0.2) is 32.2 Å². The van der Waals surface area contributed by atoms with E-state index in [1.54, 1.807) is 0 Å². The number of carbonyl (C=O) groups is 1. The predicted octanol–water partition coefficient (Wildman–Crippen LogP) is 2.46. The third-order valence-electron chi connectivity index (χ3n) is 3.90. The monoisotopic (exact) mass is 298 g/mol. The number of halogens is 2. The van der Waals surface area contributed by atoms with E-state index in [0.717, 1.165) is 32.8 Å². The second kappa shape index (κ2) is 6.85. The Balaban J connectivity index is 2.35. The topological polar surface area (TPSA) is 55.6 Å². The predicted molar refractivity (Wildman–Crippen MR) is 76.4 cm³/mol. The van der Waals surface area contributed by atoms with Crippen LogP contribution >= 0.6 is 0 Å². The highest BCUT2D eigenvalue weighted by molar-refractivity contribution is 5.90. The van der Waals surface area contributed by atoms with Gasteiger partial charge in [-0.1, -0.05) is 0 Å². The van der Waals surface area contributed by atoms with Crippen LogP contribution in [0.2, 0.25) is 0 Å². The number of carbonyl (C=O) groups excluding carboxylic acids is 1. The van der Waals surface area contributed by atoms with Gasteiger partial charge in [0.05, 0.1) is 18.4 Å². The van der Waals surface area contributed by atoms with Crippen LogP contribution < -0.4 is 10.6 Å². The zero-order valence-electron chi connectivity index (χ0n) is 12.1. The Labute approximate surface area is 122 Å². The second-order valence-electron chi connectivity index (χ2n) is 5.17. The molecule has 6 heteroatoms. The van der Waals surface area contributed by atoms with Crippen LogP contribution in [0.3, 0.4) is 0 Å². The molecule has 1 saturated heterocycles. The number of methoxy groups -OCH3 is 1. The summed E-state index contributed by atoms with van der Waals surface area (Å²) < 4.78 is 32.8. The van der Waals surface area contributed by atoms with Gasteiger partial charge in [-0.15, -0.1) is 0 Å². The SMILES string of the molecule is COC(=O)c1ccc(N2CCCCC2CCN)c(F)c1F. The van der Waals surface area contributed by atoms with Gasteiger partial charge in [-0.2, -0.15) is 0 Å². The van der Waals surface area contributed by atoms with Gasteiger partial charge in [0.25, 0.3) is 0 Å². The molecule has 1 aliphatic rings. The molecule has 1 aromatic rings. The molecular formula is C15H20F2N2O2. The van der Waals surface area contributed by atoms with Gasteiger partial charge in [-0.25, -0.2) is 13.6 Å². The minimum Gasteiger partial charge on any atom is -0.465 e. The molecule has 1 aliphatic heterocycles. The Morgan fingerprint density at radius 3 is 2.81 bits per heavy atom. The van der Waals surface area contributed by atoms with E-state index in [2.05, 4.69) is 4.74 Å². The molecule has 0 aromatic heterocycles. The van der Waals surface area contributed by atoms with Crippen molar-refractivity contribution in [1.29, 1.82) is 0 Å². The van der Waals surface area contributed by atoms with Gasteiger partial charge in [-0.3, -0.25) is 0 Å². The van der Waals surface area contributed by atoms with E-state index >= 15 is 0 Å². The average Bonchev–Trinajstić information content (AvgIpc) is 2.50. The Hall–Kier alpha value is -1.69. The second-order valence-corrected chi connectivity index (χ2v) is 5.17. The van der Waals surface area contributed by atoms with Gasteiger partial charge in [0, 0.05) is 12.6 Å². The lowest BCUT2D eigenvalue weighted by molar-refractivity contribution is 0.0594. The van der Waals surface area contributed by atoms with Crippen LogP contribution in [0.4, 0.5) is 14.5 Å². The van der Waals surface area contributed by atoms with Crippen LogP contribution in [0, 0.1) is 11.6 Å². The Kier molecular flexibility index (Phi) is 5.12. The van der Waals surface area contributed by atoms with Gasteiger partial charge in [-0.05, 0) is 44.4 Å². The first-order chi connectivity index (χ1) is 10.1. The number of esters is 1. The van der Waals surface area contributed by atoms with Gasteiger partial charge in [0.2, 0.25) is 0 Å². The minimum absolute atomic E-state index is 0.113. The summed E-state index contributed by atoms with van der Waals surface area (Å²) in [5, 5.41) is 0. The van der Waals surface area contributed by atoms with E-state index < -0.39 is 17.6 Å². The fraction of sp³-hybridized carbons (Fsp3) is 0.533. The molecule has 0 spiro atoms. The van der Waals surface area contributed by atoms with Crippen LogP contribution in [0.5, 0.6) is 0 Å². The maximum absolute atomic E-state index is 14.3. The summed E-state index contributed by atoms with van der Waals surface area (Å²) in [7, 11) is 1.13. The third kappa shape index (κ3) is 3.15. The van der Waals surface area contributed by atoms with Gasteiger partial charge >= 0.3 is 5.97 Å². The van der Waals surface area contributed by atoms with Gasteiger partial charge in [0.15, 0.2) is 11.6 Å². The Morgan fingerprint density at radius 2 is 2.14 bits per heavy atom. The summed E-state index contributed by atoms with van der Waals surface area (Å²) in [6.45, 7) is 1.17. The molecule has 0 amide bonds. The van der Waals surface area contributed by atoms with Crippen molar-refractivity contribution in [3.63, 3.8) is 0 Å². The van der Waals surface area contributed by atoms with Crippen molar-refractivity contribution in [2.24, 2.45) is 5.73 Å². The van der Waals surface area contributed by atoms with E-state index in [0.29, 0.717) is 13.1 Å². The first kappa shape index (κ1) is 15.7. The molecule has 0 aliphatic carbocycles. The number of anilines is 1. The van der Waals surface area contributed by atoms with Crippen LogP contribution in [0.1, 0.15) is 36.0 Å². The van der Waals surface area contributed by atoms with Gasteiger partial charge in [0.1, 0.15) is 0 Å². The molecule has 1 heterocycles. The highest BCUT2D eigenvalue weighted by atomic mass is 19.2. The van der Waals surface area contributed by atoms with Crippen LogP contribution in [-0.2, 0) is 4.74 Å². The molecule has 1 aromatic carbocycles. The van der Waals surface area contributed by atoms with E-state index in [1.165, 1.54) is 12.1 Å². The normalized spacial score (nSPS) is 18.7. The summed E-state index contributed by atoms with van der Waals surface area (Å²) in [4.78, 5) is 13.2. The number of hydrogen-bond donors (Lipinski definition) is 1. The standard InChI is InChI=1S/C15H20F2N2O2/c1-21-15(20)11-5-6-12(14(17)13(11)16)19-9-3-2-4-10(19)7-8-18/h5-6,10H,2-4,7-9,18H2,1H3. The van der Waals surface area contributed by atoms with Crippen LogP contribution in [0.25, 0.3) is 0 Å². The molecule has 0 bridgehead atoms. The Morgan fingerprint density at radius 1 is 1.38 bits per heavy atom. The smallest absolute Gasteiger partial charge is 0.340 e. The molecule has 2 rings (SSSR count). The molecular weight excluding hydrogens is 278 g/mol. The summed E-state index contributed by atoms with van der Waals surface area (Å²) >= 11 is 0. The number of rotatable bonds is 4. The maximum Gasteiger partial charge on any atom is 0.340 e. The third-order valence-corrected chi connectivity index (χ3v) is 3.90. The van der Waals surface area contributed by atoms with Crippen molar-refractivity contribution in [3.05, 3.63) is 29.3 Å². The maximum atomic E-state index is 14.3. The van der Waals surface area contributed by atoms with Crippen molar-refractivity contribution in [2.75, 3.05) is 25.1 Å². The van der Waals surface area contributed by atoms with Crippen molar-refractivity contribution < 1.29 is 18.3 Å². The molecule has 2 N–H and O–H groups in total. The number of hydrogen-bond acceptors (Lipinski definition) is 4. The zero-order chi connectivity index (χ0) is 15.4. The fourth-order valence-corrected chi connectivity index (χ4v) is 2.84. The fourth-order valence-electron chi connectivity index (χ4n) is 2.84. The highest BCUT2D eigenvalue weighted by Crippen LogP contribution is 2.31. The molecule has 116 valence electrons. The van der Waals surface area contributed by atoms with E-state index in [4.69, 9.17) is 5.73 Å². The summed E-state index contributed by atoms with van der Waals surface area (Å²) in [6.07, 6.45) is 3.64. The summed E-state index contributed by atoms with van der Waals surface area (Å²) in [5.41, 5.74) is 5.40. The molecule has 1 atom stereocenters. The number of benzene rings is 1. The zero-order valence-corrected chi connectivity index (χ0v) is 12.1. The summed E-state index contributed by atoms with van der Waals surface area (Å²) in [6, 6.07) is 2.83. The highest BCUT2D eigenvalue weighted by Gasteiger charge is 2.27. The number of piperidine rings is 1. The quantitative estimate of drug-likeness (QED) is 0.868. The van der Waals surface area contributed by atoms with E-state index in [-0.39, 0.29) is 17.3 Å². The molecule has 1 fully saturated rings. The number of ether oxygens (including phenoxy) is 1. The minimum atomic E-state index is -1.16. The average molecular weight is 298 g/mol. The first-order valence-electron chi connectivity index (χ1n) is 7.13. The molecule has 0 saturated carbocycles. The molecule has 0 radical (unpaired) electrons.